The Kier molecular flexibility index (Phi) is 11.3. The fourth-order valence-electron chi connectivity index (χ4n) is 5.58. The third-order valence-corrected chi connectivity index (χ3v) is 7.20. The average molecular weight is 495 g/mol. The lowest BCUT2D eigenvalue weighted by Crippen LogP contribution is -2.54. The molecule has 2 N–H and O–H groups in total. The number of carboxylic acid groups (broad SMARTS) is 1. The Hall–Kier alpha value is -2.12. The van der Waals surface area contributed by atoms with Gasteiger partial charge in [0.25, 0.3) is 0 Å². The molecule has 8 heteroatoms. The number of nitrogens with one attached hydrogen (secondary N) is 1. The second kappa shape index (κ2) is 13.7. The summed E-state index contributed by atoms with van der Waals surface area (Å²) >= 11 is 0. The molecule has 34 heavy (non-hydrogen) atoms. The third-order valence-electron chi connectivity index (χ3n) is 7.20. The number of benzene rings is 1. The van der Waals surface area contributed by atoms with Gasteiger partial charge in [0.1, 0.15) is 12.6 Å². The number of carbonyl (C=O) groups excluding carboxylic acids is 2. The molecule has 0 saturated heterocycles. The molecule has 2 aliphatic carbocycles. The molecule has 1 amide bonds. The van der Waals surface area contributed by atoms with Crippen LogP contribution in [0.2, 0.25) is 0 Å². The van der Waals surface area contributed by atoms with Crippen molar-refractivity contribution in [3.63, 3.8) is 0 Å². The minimum Gasteiger partial charge on any atom is -0.480 e. The summed E-state index contributed by atoms with van der Waals surface area (Å²) in [5, 5.41) is 12.6. The van der Waals surface area contributed by atoms with E-state index in [4.69, 9.17) is 4.74 Å². The quantitative estimate of drug-likeness (QED) is 0.454. The van der Waals surface area contributed by atoms with Crippen LogP contribution in [0.25, 0.3) is 0 Å². The minimum absolute atomic E-state index is 0. The molecule has 0 heterocycles. The molecular formula is C26H39ClN2O5. The van der Waals surface area contributed by atoms with Gasteiger partial charge in [0, 0.05) is 6.04 Å². The van der Waals surface area contributed by atoms with E-state index in [1.807, 2.05) is 30.3 Å². The first-order valence-electron chi connectivity index (χ1n) is 12.4. The fraction of sp³-hybridized carbons (Fsp3) is 0.654. The number of aryl methyl sites for hydroxylation is 1. The van der Waals surface area contributed by atoms with Gasteiger partial charge in [0.2, 0.25) is 5.91 Å². The first kappa shape index (κ1) is 28.1. The van der Waals surface area contributed by atoms with E-state index in [-0.39, 0.29) is 43.5 Å². The highest BCUT2D eigenvalue weighted by molar-refractivity contribution is 5.86. The van der Waals surface area contributed by atoms with Gasteiger partial charge >= 0.3 is 11.9 Å². The van der Waals surface area contributed by atoms with E-state index >= 15 is 0 Å². The lowest BCUT2D eigenvalue weighted by molar-refractivity contribution is -0.149. The van der Waals surface area contributed by atoms with Crippen LogP contribution >= 0.6 is 12.4 Å². The van der Waals surface area contributed by atoms with E-state index < -0.39 is 18.1 Å². The van der Waals surface area contributed by atoms with Crippen LogP contribution in [0, 0.1) is 11.8 Å². The summed E-state index contributed by atoms with van der Waals surface area (Å²) in [6.07, 6.45) is 7.72. The molecule has 190 valence electrons. The van der Waals surface area contributed by atoms with Crippen molar-refractivity contribution >= 4 is 30.3 Å². The molecule has 5 atom stereocenters. The maximum absolute atomic E-state index is 13.4. The number of rotatable bonds is 11. The van der Waals surface area contributed by atoms with Crippen LogP contribution in [0.3, 0.4) is 0 Å². The number of hydrogen-bond acceptors (Lipinski definition) is 5. The van der Waals surface area contributed by atoms with Crippen LogP contribution in [0.1, 0.15) is 64.4 Å². The number of ether oxygens (including phenoxy) is 1. The second-order valence-electron chi connectivity index (χ2n) is 9.51. The van der Waals surface area contributed by atoms with Crippen LogP contribution in [-0.4, -0.2) is 59.1 Å². The number of halogens is 1. The molecule has 1 unspecified atom stereocenters. The number of fused-ring (bicyclic) bond motifs is 1. The van der Waals surface area contributed by atoms with Gasteiger partial charge in [-0.05, 0) is 56.9 Å². The number of esters is 1. The van der Waals surface area contributed by atoms with Crippen molar-refractivity contribution in [1.82, 2.24) is 10.2 Å². The van der Waals surface area contributed by atoms with Crippen LogP contribution in [-0.2, 0) is 25.5 Å². The monoisotopic (exact) mass is 494 g/mol. The second-order valence-corrected chi connectivity index (χ2v) is 9.51. The normalized spacial score (nSPS) is 23.2. The highest BCUT2D eigenvalue weighted by atomic mass is 35.5. The molecule has 0 bridgehead atoms. The lowest BCUT2D eigenvalue weighted by atomic mass is 9.82. The van der Waals surface area contributed by atoms with Crippen LogP contribution in [0.5, 0.6) is 0 Å². The summed E-state index contributed by atoms with van der Waals surface area (Å²) in [4.78, 5) is 39.1. The smallest absolute Gasteiger partial charge is 0.323 e. The molecule has 0 spiro atoms. The minimum atomic E-state index is -1.00. The van der Waals surface area contributed by atoms with Gasteiger partial charge < -0.3 is 14.7 Å². The number of amides is 1. The zero-order chi connectivity index (χ0) is 23.8. The number of aliphatic carboxylic acids is 1. The van der Waals surface area contributed by atoms with Gasteiger partial charge in [0.15, 0.2) is 0 Å². The number of carboxylic acids is 1. The van der Waals surface area contributed by atoms with Crippen LogP contribution in [0.4, 0.5) is 0 Å². The largest absolute Gasteiger partial charge is 0.480 e. The maximum Gasteiger partial charge on any atom is 0.323 e. The van der Waals surface area contributed by atoms with E-state index in [0.29, 0.717) is 24.7 Å². The van der Waals surface area contributed by atoms with E-state index in [2.05, 4.69) is 5.32 Å². The SMILES string of the molecule is CCOC(=O)[C@@H](CCc1ccccc1)N[C@@H](C)C(=O)N(CC(=O)O)C1C[C@H]2CCCC[C@H]2C1.Cl. The molecule has 0 aromatic heterocycles. The Morgan fingerprint density at radius 2 is 1.74 bits per heavy atom. The molecule has 2 aliphatic rings. The summed E-state index contributed by atoms with van der Waals surface area (Å²) in [6, 6.07) is 8.50. The summed E-state index contributed by atoms with van der Waals surface area (Å²) in [7, 11) is 0. The Labute approximate surface area is 209 Å². The molecule has 2 saturated carbocycles. The Morgan fingerprint density at radius 3 is 2.29 bits per heavy atom. The van der Waals surface area contributed by atoms with Crippen LogP contribution < -0.4 is 5.32 Å². The summed E-state index contributed by atoms with van der Waals surface area (Å²) in [5.41, 5.74) is 1.11. The van der Waals surface area contributed by atoms with Gasteiger partial charge in [0.05, 0.1) is 12.6 Å². The molecule has 7 nitrogen and oxygen atoms in total. The summed E-state index contributed by atoms with van der Waals surface area (Å²) in [6.45, 7) is 3.44. The predicted octanol–water partition coefficient (Wildman–Crippen LogP) is 3.83. The van der Waals surface area contributed by atoms with E-state index in [1.165, 1.54) is 30.6 Å². The zero-order valence-corrected chi connectivity index (χ0v) is 21.1. The van der Waals surface area contributed by atoms with E-state index in [0.717, 1.165) is 18.4 Å². The first-order valence-corrected chi connectivity index (χ1v) is 12.4. The van der Waals surface area contributed by atoms with Crippen molar-refractivity contribution in [2.45, 2.75) is 83.3 Å². The van der Waals surface area contributed by atoms with Crippen molar-refractivity contribution in [3.8, 4) is 0 Å². The van der Waals surface area contributed by atoms with Crippen molar-refractivity contribution in [2.24, 2.45) is 11.8 Å². The van der Waals surface area contributed by atoms with Crippen LogP contribution in [0.15, 0.2) is 30.3 Å². The lowest BCUT2D eigenvalue weighted by Gasteiger charge is -2.32. The van der Waals surface area contributed by atoms with Gasteiger partial charge in [-0.3, -0.25) is 19.7 Å². The fourth-order valence-corrected chi connectivity index (χ4v) is 5.58. The molecule has 1 aromatic carbocycles. The van der Waals surface area contributed by atoms with Gasteiger partial charge in [-0.2, -0.15) is 0 Å². The highest BCUT2D eigenvalue weighted by Gasteiger charge is 2.41. The zero-order valence-electron chi connectivity index (χ0n) is 20.3. The Balaban J connectivity index is 0.00000408. The first-order chi connectivity index (χ1) is 15.9. The molecule has 3 rings (SSSR count). The Bertz CT molecular complexity index is 792. The van der Waals surface area contributed by atoms with Crippen molar-refractivity contribution in [2.75, 3.05) is 13.2 Å². The molecular weight excluding hydrogens is 456 g/mol. The number of carbonyl (C=O) groups is 3. The van der Waals surface area contributed by atoms with Crippen molar-refractivity contribution in [3.05, 3.63) is 35.9 Å². The standard InChI is InChI=1S/C26H38N2O5.ClH/c1-3-33-26(32)23(14-13-19-9-5-4-6-10-19)27-18(2)25(31)28(17-24(29)30)22-15-20-11-7-8-12-21(20)16-22;/h4-6,9-10,18,20-23,27H,3,7-8,11-17H2,1-2H3,(H,29,30);1H/t18-,20-,21+,22?,23+;/m0./s1. The third kappa shape index (κ3) is 7.70. The Morgan fingerprint density at radius 1 is 1.12 bits per heavy atom. The molecule has 0 radical (unpaired) electrons. The maximum atomic E-state index is 13.4. The number of nitrogens with zero attached hydrogens (tertiary/aromatic N) is 1. The highest BCUT2D eigenvalue weighted by Crippen LogP contribution is 2.44. The van der Waals surface area contributed by atoms with Gasteiger partial charge in [-0.1, -0.05) is 56.0 Å². The summed E-state index contributed by atoms with van der Waals surface area (Å²) < 4.78 is 5.24. The molecule has 0 aliphatic heterocycles. The number of hydrogen-bond donors (Lipinski definition) is 2. The molecule has 1 aromatic rings. The topological polar surface area (TPSA) is 95.9 Å². The van der Waals surface area contributed by atoms with Crippen molar-refractivity contribution in [1.29, 1.82) is 0 Å². The summed E-state index contributed by atoms with van der Waals surface area (Å²) in [5.74, 6) is -0.459. The van der Waals surface area contributed by atoms with Gasteiger partial charge in [-0.15, -0.1) is 12.4 Å². The average Bonchev–Trinajstić information content (AvgIpc) is 3.24. The molecule has 2 fully saturated rings. The predicted molar refractivity (Wildman–Crippen MR) is 133 cm³/mol. The van der Waals surface area contributed by atoms with E-state index in [9.17, 15) is 19.5 Å². The van der Waals surface area contributed by atoms with Crippen molar-refractivity contribution < 1.29 is 24.2 Å². The van der Waals surface area contributed by atoms with E-state index in [1.54, 1.807) is 13.8 Å². The van der Waals surface area contributed by atoms with Gasteiger partial charge in [-0.25, -0.2) is 0 Å².